The highest BCUT2D eigenvalue weighted by Crippen LogP contribution is 2.49. The Labute approximate surface area is 356 Å². The van der Waals surface area contributed by atoms with Gasteiger partial charge < -0.3 is 0 Å². The lowest BCUT2D eigenvalue weighted by molar-refractivity contribution is 1.32. The van der Waals surface area contributed by atoms with Crippen LogP contribution in [0.2, 0.25) is 0 Å². The third-order valence-corrected chi connectivity index (χ3v) is 17.7. The van der Waals surface area contributed by atoms with Gasteiger partial charge in [-0.15, -0.1) is 0 Å². The Kier molecular flexibility index (Phi) is 7.45. The van der Waals surface area contributed by atoms with E-state index in [1.54, 1.807) is 0 Å². The number of pyridine rings is 2. The molecular formula is C56H34N3PS. The van der Waals surface area contributed by atoms with Crippen LogP contribution in [-0.4, -0.2) is 14.4 Å². The zero-order valence-electron chi connectivity index (χ0n) is 32.8. The second kappa shape index (κ2) is 13.1. The average molecular weight is 812 g/mol. The Bertz CT molecular complexity index is 3910. The maximum absolute atomic E-state index is 7.31. The van der Waals surface area contributed by atoms with Gasteiger partial charge in [-0.1, -0.05) is 170 Å². The molecule has 0 amide bonds. The van der Waals surface area contributed by atoms with Gasteiger partial charge in [0.2, 0.25) is 0 Å². The van der Waals surface area contributed by atoms with Gasteiger partial charge in [-0.3, -0.25) is 9.38 Å². The maximum atomic E-state index is 7.31. The van der Waals surface area contributed by atoms with Crippen molar-refractivity contribution in [3.63, 3.8) is 0 Å². The second-order valence-electron chi connectivity index (χ2n) is 16.0. The van der Waals surface area contributed by atoms with Gasteiger partial charge in [-0.25, -0.2) is 4.98 Å². The molecule has 13 aromatic rings. The van der Waals surface area contributed by atoms with Crippen molar-refractivity contribution in [2.24, 2.45) is 0 Å². The topological polar surface area (TPSA) is 30.2 Å². The molecule has 0 spiro atoms. The molecule has 0 fully saturated rings. The molecule has 284 valence electrons. The van der Waals surface area contributed by atoms with E-state index < -0.39 is 6.04 Å². The van der Waals surface area contributed by atoms with Crippen LogP contribution >= 0.6 is 6.04 Å². The first-order valence-electron chi connectivity index (χ1n) is 20.7. The van der Waals surface area contributed by atoms with Gasteiger partial charge in [0.05, 0.1) is 22.2 Å². The molecule has 0 saturated carbocycles. The molecule has 0 saturated heterocycles. The molecular weight excluding hydrogens is 778 g/mol. The van der Waals surface area contributed by atoms with E-state index in [2.05, 4.69) is 211 Å². The number of benzene rings is 10. The second-order valence-corrected chi connectivity index (χ2v) is 20.4. The molecule has 0 radical (unpaired) electrons. The number of imidazole rings is 1. The molecule has 0 aliphatic carbocycles. The van der Waals surface area contributed by atoms with Gasteiger partial charge in [0.15, 0.2) is 0 Å². The van der Waals surface area contributed by atoms with Gasteiger partial charge in [0, 0.05) is 49.9 Å². The van der Waals surface area contributed by atoms with Crippen LogP contribution in [0.3, 0.4) is 0 Å². The lowest BCUT2D eigenvalue weighted by atomic mass is 9.98. The largest absolute Gasteiger partial charge is 0.291 e. The number of hydrogen-bond acceptors (Lipinski definition) is 3. The zero-order chi connectivity index (χ0) is 40.2. The third-order valence-electron chi connectivity index (χ3n) is 12.8. The molecule has 3 aromatic heterocycles. The Balaban J connectivity index is 1.03. The van der Waals surface area contributed by atoms with Crippen LogP contribution in [0.5, 0.6) is 0 Å². The molecule has 61 heavy (non-hydrogen) atoms. The minimum absolute atomic E-state index is 0.913. The summed E-state index contributed by atoms with van der Waals surface area (Å²) >= 11 is 7.31. The fourth-order valence-electron chi connectivity index (χ4n) is 10.0. The van der Waals surface area contributed by atoms with Crippen LogP contribution < -0.4 is 15.9 Å². The summed E-state index contributed by atoms with van der Waals surface area (Å²) in [5.74, 6) is 0. The first-order valence-corrected chi connectivity index (χ1v) is 23.5. The van der Waals surface area contributed by atoms with Crippen LogP contribution in [0.4, 0.5) is 0 Å². The first kappa shape index (κ1) is 34.6. The van der Waals surface area contributed by atoms with E-state index in [0.29, 0.717) is 0 Å². The van der Waals surface area contributed by atoms with E-state index in [4.69, 9.17) is 21.8 Å². The fourth-order valence-corrected chi connectivity index (χ4v) is 14.3. The highest BCUT2D eigenvalue weighted by atomic mass is 32.4. The van der Waals surface area contributed by atoms with Gasteiger partial charge >= 0.3 is 0 Å². The molecule has 10 aromatic carbocycles. The summed E-state index contributed by atoms with van der Waals surface area (Å²) in [6.07, 6.45) is 2.07. The highest BCUT2D eigenvalue weighted by Gasteiger charge is 2.30. The van der Waals surface area contributed by atoms with Crippen molar-refractivity contribution < 1.29 is 0 Å². The summed E-state index contributed by atoms with van der Waals surface area (Å²) < 4.78 is 2.35. The quantitative estimate of drug-likeness (QED) is 0.131. The molecule has 0 aliphatic heterocycles. The van der Waals surface area contributed by atoms with Crippen LogP contribution in [-0.2, 0) is 11.8 Å². The monoisotopic (exact) mass is 811 g/mol. The van der Waals surface area contributed by atoms with Crippen LogP contribution in [0.1, 0.15) is 0 Å². The minimum atomic E-state index is -2.75. The van der Waals surface area contributed by atoms with Crippen molar-refractivity contribution in [3.05, 3.63) is 206 Å². The summed E-state index contributed by atoms with van der Waals surface area (Å²) in [7, 11) is 0. The van der Waals surface area contributed by atoms with Crippen LogP contribution in [0.15, 0.2) is 206 Å². The highest BCUT2D eigenvalue weighted by molar-refractivity contribution is 8.25. The van der Waals surface area contributed by atoms with Crippen molar-refractivity contribution in [3.8, 4) is 11.3 Å². The molecule has 0 atom stereocenters. The Morgan fingerprint density at radius 2 is 0.934 bits per heavy atom. The summed E-state index contributed by atoms with van der Waals surface area (Å²) in [5, 5.41) is 19.0. The molecule has 0 unspecified atom stereocenters. The number of aromatic nitrogens is 3. The lowest BCUT2D eigenvalue weighted by Crippen LogP contribution is -2.26. The van der Waals surface area contributed by atoms with Crippen molar-refractivity contribution in [1.29, 1.82) is 0 Å². The van der Waals surface area contributed by atoms with Crippen molar-refractivity contribution >= 4 is 126 Å². The van der Waals surface area contributed by atoms with E-state index >= 15 is 0 Å². The maximum Gasteiger partial charge on any atom is 0.146 e. The predicted molar refractivity (Wildman–Crippen MR) is 265 cm³/mol. The standard InChI is InChI=1S/C56H34N3PS/c61-60(53-32-35-13-1-3-15-40(35)43-17-5-8-20-46(43)53,54-33-36-14-2-4-16-41(36)44-18-6-9-21-47(44)54)39-27-30-50(57-34-39)38-26-28-42-37(31-38)25-29-48-45-19-7-10-22-49(45)56-58-51-23-11-12-24-52(51)59(56)55(42)48/h1-34H. The molecule has 5 heteroatoms. The number of para-hydroxylation sites is 2. The van der Waals surface area contributed by atoms with Crippen molar-refractivity contribution in [2.75, 3.05) is 0 Å². The molecule has 0 N–H and O–H groups in total. The van der Waals surface area contributed by atoms with E-state index in [0.717, 1.165) is 44.0 Å². The normalized spacial score (nSPS) is 12.3. The van der Waals surface area contributed by atoms with Gasteiger partial charge in [0.1, 0.15) is 5.65 Å². The Morgan fingerprint density at radius 1 is 0.410 bits per heavy atom. The zero-order valence-corrected chi connectivity index (χ0v) is 34.5. The predicted octanol–water partition coefficient (Wildman–Crippen LogP) is 13.4. The summed E-state index contributed by atoms with van der Waals surface area (Å²) in [5.41, 5.74) is 6.22. The van der Waals surface area contributed by atoms with Crippen molar-refractivity contribution in [2.45, 2.75) is 0 Å². The summed E-state index contributed by atoms with van der Waals surface area (Å²) in [6, 6.07) is 69.7. The molecule has 0 aliphatic rings. The van der Waals surface area contributed by atoms with Gasteiger partial charge in [-0.05, 0) is 96.3 Å². The minimum Gasteiger partial charge on any atom is -0.291 e. The SMILES string of the molecule is S=P(c1ccc(-c2ccc3c(ccc4c5ccccc5c5nc6ccccc6n5c34)c2)nc1)(c1cc2ccccc2c2ccccc12)c1cc2ccccc2c2ccccc12. The van der Waals surface area contributed by atoms with E-state index in [1.807, 2.05) is 0 Å². The van der Waals surface area contributed by atoms with E-state index in [-0.39, 0.29) is 0 Å². The van der Waals surface area contributed by atoms with Crippen LogP contribution in [0, 0.1) is 0 Å². The molecule has 3 nitrogen and oxygen atoms in total. The molecule has 13 rings (SSSR count). The van der Waals surface area contributed by atoms with E-state index in [9.17, 15) is 0 Å². The average Bonchev–Trinajstić information content (AvgIpc) is 3.73. The smallest absolute Gasteiger partial charge is 0.146 e. The van der Waals surface area contributed by atoms with Gasteiger partial charge in [0.25, 0.3) is 0 Å². The third kappa shape index (κ3) is 5.01. The number of rotatable bonds is 4. The molecule has 0 bridgehead atoms. The molecule has 3 heterocycles. The number of nitrogens with zero attached hydrogens (tertiary/aromatic N) is 3. The lowest BCUT2D eigenvalue weighted by Gasteiger charge is -2.28. The Hall–Kier alpha value is -7.23. The van der Waals surface area contributed by atoms with Crippen molar-refractivity contribution in [1.82, 2.24) is 14.4 Å². The fraction of sp³-hybridized carbons (Fsp3) is 0. The van der Waals surface area contributed by atoms with Gasteiger partial charge in [-0.2, -0.15) is 0 Å². The summed E-state index contributed by atoms with van der Waals surface area (Å²) in [6.45, 7) is 0. The number of fused-ring (bicyclic) bond motifs is 16. The number of hydrogen-bond donors (Lipinski definition) is 0. The summed E-state index contributed by atoms with van der Waals surface area (Å²) in [4.78, 5) is 10.4. The van der Waals surface area contributed by atoms with E-state index in [1.165, 1.54) is 75.4 Å². The first-order chi connectivity index (χ1) is 30.1. The Morgan fingerprint density at radius 3 is 1.57 bits per heavy atom. The van der Waals surface area contributed by atoms with Crippen LogP contribution in [0.25, 0.3) is 103 Å².